The molecule has 0 saturated heterocycles. The van der Waals surface area contributed by atoms with E-state index in [4.69, 9.17) is 10.8 Å². The third kappa shape index (κ3) is 10.2. The van der Waals surface area contributed by atoms with Crippen LogP contribution in [0.25, 0.3) is 0 Å². The van der Waals surface area contributed by atoms with Crippen molar-refractivity contribution in [3.05, 3.63) is 36.4 Å². The summed E-state index contributed by atoms with van der Waals surface area (Å²) in [6.45, 7) is 0. The lowest BCUT2D eigenvalue weighted by Gasteiger charge is -2.25. The summed E-state index contributed by atoms with van der Waals surface area (Å²) in [6.07, 6.45) is 7.01. The quantitative estimate of drug-likeness (QED) is 0.111. The number of imidazole rings is 2. The van der Waals surface area contributed by atoms with Crippen LogP contribution >= 0.6 is 11.8 Å². The summed E-state index contributed by atoms with van der Waals surface area (Å²) in [5.41, 5.74) is 7.00. The van der Waals surface area contributed by atoms with Crippen molar-refractivity contribution in [1.29, 1.82) is 0 Å². The molecule has 0 aliphatic heterocycles. The highest BCUT2D eigenvalue weighted by atomic mass is 32.2. The molecule has 15 nitrogen and oxygen atoms in total. The van der Waals surface area contributed by atoms with E-state index in [1.54, 1.807) is 6.26 Å². The van der Waals surface area contributed by atoms with Crippen molar-refractivity contribution in [2.75, 3.05) is 12.0 Å². The summed E-state index contributed by atoms with van der Waals surface area (Å²) in [7, 11) is 0. The van der Waals surface area contributed by atoms with Gasteiger partial charge in [0, 0.05) is 43.0 Å². The maximum atomic E-state index is 13.2. The van der Waals surface area contributed by atoms with Gasteiger partial charge >= 0.3 is 11.9 Å². The number of rotatable bonds is 17. The summed E-state index contributed by atoms with van der Waals surface area (Å²) in [5, 5.41) is 26.0. The van der Waals surface area contributed by atoms with Crippen molar-refractivity contribution in [2.45, 2.75) is 56.3 Å². The fraction of sp³-hybridized carbons (Fsp3) is 0.500. The van der Waals surface area contributed by atoms with Gasteiger partial charge in [-0.15, -0.1) is 0 Å². The van der Waals surface area contributed by atoms with E-state index >= 15 is 0 Å². The minimum Gasteiger partial charge on any atom is -0.481 e. The number of aromatic nitrogens is 4. The Kier molecular flexibility index (Phi) is 12.2. The topological polar surface area (TPSA) is 245 Å². The predicted molar refractivity (Wildman–Crippen MR) is 136 cm³/mol. The zero-order chi connectivity index (χ0) is 28.1. The zero-order valence-corrected chi connectivity index (χ0v) is 21.5. The second kappa shape index (κ2) is 15.4. The molecule has 4 unspecified atom stereocenters. The molecule has 0 spiro atoms. The Hall–Kier alpha value is -3.92. The lowest BCUT2D eigenvalue weighted by atomic mass is 10.1. The third-order valence-electron chi connectivity index (χ3n) is 5.45. The number of amides is 3. The largest absolute Gasteiger partial charge is 0.481 e. The van der Waals surface area contributed by atoms with E-state index < -0.39 is 60.2 Å². The Balaban J connectivity index is 2.16. The van der Waals surface area contributed by atoms with Crippen molar-refractivity contribution in [1.82, 2.24) is 35.9 Å². The van der Waals surface area contributed by atoms with E-state index in [-0.39, 0.29) is 25.7 Å². The van der Waals surface area contributed by atoms with Crippen molar-refractivity contribution < 1.29 is 34.2 Å². The van der Waals surface area contributed by atoms with Gasteiger partial charge in [-0.2, -0.15) is 11.8 Å². The van der Waals surface area contributed by atoms with Crippen LogP contribution in [-0.2, 0) is 36.8 Å². The first-order valence-corrected chi connectivity index (χ1v) is 13.0. The highest BCUT2D eigenvalue weighted by molar-refractivity contribution is 7.98. The SMILES string of the molecule is CSCCC(NC(=O)C(Cc1cnc[nH]1)NC(=O)C(CCC(=O)O)NC(=O)C(N)Cc1cnc[nH]1)C(=O)O. The highest BCUT2D eigenvalue weighted by Gasteiger charge is 2.31. The average Bonchev–Trinajstić information content (AvgIpc) is 3.57. The number of nitrogens with one attached hydrogen (secondary N) is 5. The molecule has 2 heterocycles. The fourth-order valence-electron chi connectivity index (χ4n) is 3.40. The minimum absolute atomic E-state index is 0.0641. The first-order valence-electron chi connectivity index (χ1n) is 11.6. The van der Waals surface area contributed by atoms with E-state index in [0.29, 0.717) is 17.1 Å². The molecule has 2 aromatic heterocycles. The maximum Gasteiger partial charge on any atom is 0.326 e. The number of nitrogens with two attached hydrogens (primary N) is 1. The van der Waals surface area contributed by atoms with Crippen LogP contribution in [0.4, 0.5) is 0 Å². The molecule has 0 saturated carbocycles. The van der Waals surface area contributed by atoms with Gasteiger partial charge in [0.25, 0.3) is 0 Å². The summed E-state index contributed by atoms with van der Waals surface area (Å²) in [6, 6.07) is -4.82. The van der Waals surface area contributed by atoms with Crippen molar-refractivity contribution in [3.8, 4) is 0 Å². The predicted octanol–water partition coefficient (Wildman–Crippen LogP) is -1.60. The molecular weight excluding hydrogens is 520 g/mol. The number of thioether (sulfide) groups is 1. The monoisotopic (exact) mass is 552 g/mol. The van der Waals surface area contributed by atoms with Crippen LogP contribution in [0, 0.1) is 0 Å². The normalized spacial score (nSPS) is 14.1. The third-order valence-corrected chi connectivity index (χ3v) is 6.09. The molecule has 0 fully saturated rings. The summed E-state index contributed by atoms with van der Waals surface area (Å²) >= 11 is 1.42. The number of aromatic amines is 2. The molecule has 2 rings (SSSR count). The molecule has 16 heteroatoms. The van der Waals surface area contributed by atoms with Gasteiger partial charge < -0.3 is 41.9 Å². The van der Waals surface area contributed by atoms with Gasteiger partial charge in [0.05, 0.1) is 18.7 Å². The zero-order valence-electron chi connectivity index (χ0n) is 20.7. The van der Waals surface area contributed by atoms with E-state index in [0.717, 1.165) is 0 Å². The molecule has 2 aromatic rings. The van der Waals surface area contributed by atoms with Gasteiger partial charge in [0.15, 0.2) is 0 Å². The number of aliphatic carboxylic acids is 2. The molecule has 0 radical (unpaired) electrons. The second-order valence-corrected chi connectivity index (χ2v) is 9.39. The van der Waals surface area contributed by atoms with Crippen LogP contribution in [0.1, 0.15) is 30.7 Å². The van der Waals surface area contributed by atoms with Crippen LogP contribution in [-0.4, -0.2) is 96.0 Å². The first-order chi connectivity index (χ1) is 18.1. The van der Waals surface area contributed by atoms with E-state index in [1.807, 2.05) is 0 Å². The average molecular weight is 553 g/mol. The van der Waals surface area contributed by atoms with Crippen molar-refractivity contribution >= 4 is 41.4 Å². The number of carbonyl (C=O) groups is 5. The van der Waals surface area contributed by atoms with Crippen LogP contribution in [0.15, 0.2) is 25.0 Å². The molecule has 0 aliphatic carbocycles. The molecule has 3 amide bonds. The molecule has 208 valence electrons. The number of hydrogen-bond donors (Lipinski definition) is 8. The molecular formula is C22H32N8O7S. The smallest absolute Gasteiger partial charge is 0.326 e. The van der Waals surface area contributed by atoms with Crippen LogP contribution < -0.4 is 21.7 Å². The van der Waals surface area contributed by atoms with Crippen LogP contribution in [0.3, 0.4) is 0 Å². The Bertz CT molecular complexity index is 1060. The van der Waals surface area contributed by atoms with Gasteiger partial charge in [-0.3, -0.25) is 19.2 Å². The molecule has 0 aliphatic rings. The maximum absolute atomic E-state index is 13.2. The number of carbonyl (C=O) groups excluding carboxylic acids is 3. The van der Waals surface area contributed by atoms with Gasteiger partial charge in [-0.25, -0.2) is 14.8 Å². The Morgan fingerprint density at radius 1 is 0.868 bits per heavy atom. The van der Waals surface area contributed by atoms with Gasteiger partial charge in [-0.05, 0) is 24.9 Å². The number of carboxylic acid groups (broad SMARTS) is 2. The Morgan fingerprint density at radius 2 is 1.42 bits per heavy atom. The van der Waals surface area contributed by atoms with Crippen LogP contribution in [0.2, 0.25) is 0 Å². The Labute approximate surface area is 222 Å². The summed E-state index contributed by atoms with van der Waals surface area (Å²) in [4.78, 5) is 75.0. The molecule has 38 heavy (non-hydrogen) atoms. The van der Waals surface area contributed by atoms with Crippen molar-refractivity contribution in [3.63, 3.8) is 0 Å². The standard InChI is InChI=1S/C22H32N8O7S/c1-38-5-4-16(22(36)37)29-21(35)17(7-13-9-25-11-27-13)30-20(34)15(2-3-18(31)32)28-19(33)14(23)6-12-8-24-10-26-12/h8-11,14-17H,2-7,23H2,1H3,(H,24,26)(H,25,27)(H,28,33)(H,29,35)(H,30,34)(H,31,32)(H,36,37). The molecule has 9 N–H and O–H groups in total. The molecule has 0 aromatic carbocycles. The number of hydrogen-bond acceptors (Lipinski definition) is 9. The molecule has 0 bridgehead atoms. The number of H-pyrrole nitrogens is 2. The lowest BCUT2D eigenvalue weighted by Crippen LogP contribution is -2.58. The van der Waals surface area contributed by atoms with Crippen molar-refractivity contribution in [2.24, 2.45) is 5.73 Å². The lowest BCUT2D eigenvalue weighted by molar-refractivity contribution is -0.142. The van der Waals surface area contributed by atoms with E-state index in [1.165, 1.54) is 36.8 Å². The highest BCUT2D eigenvalue weighted by Crippen LogP contribution is 2.07. The summed E-state index contributed by atoms with van der Waals surface area (Å²) < 4.78 is 0. The van der Waals surface area contributed by atoms with Crippen LogP contribution in [0.5, 0.6) is 0 Å². The van der Waals surface area contributed by atoms with Gasteiger partial charge in [0.1, 0.15) is 18.1 Å². The number of nitrogens with zero attached hydrogens (tertiary/aromatic N) is 2. The second-order valence-electron chi connectivity index (χ2n) is 8.40. The minimum atomic E-state index is -1.32. The summed E-state index contributed by atoms with van der Waals surface area (Å²) in [5.74, 6) is -4.23. The first kappa shape index (κ1) is 30.3. The van der Waals surface area contributed by atoms with Gasteiger partial charge in [-0.1, -0.05) is 0 Å². The number of carboxylic acids is 2. The molecule has 4 atom stereocenters. The van der Waals surface area contributed by atoms with Gasteiger partial charge in [0.2, 0.25) is 17.7 Å². The van der Waals surface area contributed by atoms with E-state index in [9.17, 15) is 29.1 Å². The van der Waals surface area contributed by atoms with E-state index in [2.05, 4.69) is 35.9 Å². The fourth-order valence-corrected chi connectivity index (χ4v) is 3.88. The Morgan fingerprint density at radius 3 is 1.95 bits per heavy atom.